The van der Waals surface area contributed by atoms with Gasteiger partial charge in [-0.05, 0) is 53.9 Å². The van der Waals surface area contributed by atoms with Crippen molar-refractivity contribution in [2.45, 2.75) is 12.5 Å². The van der Waals surface area contributed by atoms with Crippen LogP contribution in [-0.2, 0) is 10.3 Å². The van der Waals surface area contributed by atoms with Crippen LogP contribution in [0.4, 0.5) is 4.39 Å². The monoisotopic (exact) mass is 377 g/mol. The minimum Gasteiger partial charge on any atom is -0.494 e. The molecule has 1 aliphatic rings. The third-order valence-corrected chi connectivity index (χ3v) is 4.78. The number of benzene rings is 2. The highest BCUT2D eigenvalue weighted by molar-refractivity contribution is 5.75. The summed E-state index contributed by atoms with van der Waals surface area (Å²) in [6.07, 6.45) is 1.43. The molecule has 2 N–H and O–H groups in total. The maximum absolute atomic E-state index is 14.2. The van der Waals surface area contributed by atoms with Gasteiger partial charge in [-0.25, -0.2) is 9.98 Å². The number of nitrogens with zero attached hydrogens (tertiary/aromatic N) is 2. The molecule has 1 atom stereocenters. The Balaban J connectivity index is 1.81. The molecule has 1 aliphatic heterocycles. The van der Waals surface area contributed by atoms with Gasteiger partial charge in [-0.15, -0.1) is 0 Å². The van der Waals surface area contributed by atoms with Crippen molar-refractivity contribution in [2.24, 2.45) is 10.7 Å². The maximum atomic E-state index is 14.2. The molecule has 2 heterocycles. The van der Waals surface area contributed by atoms with Crippen molar-refractivity contribution >= 4 is 6.02 Å². The lowest BCUT2D eigenvalue weighted by Gasteiger charge is -2.26. The van der Waals surface area contributed by atoms with Gasteiger partial charge in [0.25, 0.3) is 6.02 Å². The van der Waals surface area contributed by atoms with Crippen LogP contribution in [0.15, 0.2) is 71.9 Å². The van der Waals surface area contributed by atoms with Gasteiger partial charge in [0.05, 0.1) is 6.61 Å². The van der Waals surface area contributed by atoms with Crippen molar-refractivity contribution in [3.8, 4) is 16.9 Å². The highest BCUT2D eigenvalue weighted by Gasteiger charge is 2.40. The second kappa shape index (κ2) is 7.31. The Morgan fingerprint density at radius 2 is 1.93 bits per heavy atom. The molecule has 6 heteroatoms. The Hall–Kier alpha value is -3.41. The first-order valence-electron chi connectivity index (χ1n) is 9.05. The van der Waals surface area contributed by atoms with E-state index in [1.807, 2.05) is 55.5 Å². The Kier molecular flexibility index (Phi) is 4.69. The minimum absolute atomic E-state index is 0.131. The van der Waals surface area contributed by atoms with Crippen LogP contribution >= 0.6 is 0 Å². The van der Waals surface area contributed by atoms with Gasteiger partial charge < -0.3 is 15.2 Å². The van der Waals surface area contributed by atoms with Crippen molar-refractivity contribution < 1.29 is 13.9 Å². The molecule has 0 amide bonds. The number of aliphatic imine (C=N–C) groups is 1. The van der Waals surface area contributed by atoms with E-state index in [4.69, 9.17) is 15.2 Å². The highest BCUT2D eigenvalue weighted by Crippen LogP contribution is 2.39. The zero-order chi connectivity index (χ0) is 19.6. The second-order valence-corrected chi connectivity index (χ2v) is 6.48. The number of halogens is 1. The van der Waals surface area contributed by atoms with Gasteiger partial charge in [0.2, 0.25) is 5.95 Å². The quantitative estimate of drug-likeness (QED) is 0.685. The van der Waals surface area contributed by atoms with Crippen LogP contribution in [0.25, 0.3) is 11.1 Å². The number of rotatable bonds is 5. The van der Waals surface area contributed by atoms with Crippen LogP contribution < -0.4 is 10.5 Å². The Morgan fingerprint density at radius 3 is 2.61 bits per heavy atom. The third-order valence-electron chi connectivity index (χ3n) is 4.78. The number of hydrogen-bond donors (Lipinski definition) is 1. The van der Waals surface area contributed by atoms with Gasteiger partial charge >= 0.3 is 0 Å². The van der Waals surface area contributed by atoms with Crippen LogP contribution in [-0.4, -0.2) is 24.2 Å². The molecule has 0 saturated heterocycles. The third kappa shape index (κ3) is 3.17. The first kappa shape index (κ1) is 18.0. The normalized spacial score (nSPS) is 18.4. The van der Waals surface area contributed by atoms with Gasteiger partial charge in [0, 0.05) is 11.8 Å². The zero-order valence-corrected chi connectivity index (χ0v) is 15.4. The predicted molar refractivity (Wildman–Crippen MR) is 106 cm³/mol. The summed E-state index contributed by atoms with van der Waals surface area (Å²) in [6.45, 7) is 2.80. The number of nitrogens with two attached hydrogens (primary N) is 1. The lowest BCUT2D eigenvalue weighted by Crippen LogP contribution is -2.27. The SMILES string of the molecule is CCOc1ccc(C2(c3cccc(-c4cccnc4F)c3)COC(N)=N2)cc1. The van der Waals surface area contributed by atoms with Crippen molar-refractivity contribution in [2.75, 3.05) is 13.2 Å². The van der Waals surface area contributed by atoms with Gasteiger partial charge in [0.15, 0.2) is 5.54 Å². The minimum atomic E-state index is -0.802. The Labute approximate surface area is 162 Å². The van der Waals surface area contributed by atoms with E-state index >= 15 is 0 Å². The summed E-state index contributed by atoms with van der Waals surface area (Å²) in [6, 6.07) is 18.8. The molecule has 0 fully saturated rings. The van der Waals surface area contributed by atoms with Crippen LogP contribution in [0.2, 0.25) is 0 Å². The van der Waals surface area contributed by atoms with E-state index in [2.05, 4.69) is 9.98 Å². The van der Waals surface area contributed by atoms with Gasteiger partial charge in [-0.1, -0.05) is 30.3 Å². The van der Waals surface area contributed by atoms with Crippen LogP contribution in [0.5, 0.6) is 5.75 Å². The molecule has 3 aromatic rings. The van der Waals surface area contributed by atoms with Crippen molar-refractivity contribution in [1.82, 2.24) is 4.98 Å². The van der Waals surface area contributed by atoms with E-state index in [0.29, 0.717) is 17.7 Å². The Bertz CT molecular complexity index is 1020. The van der Waals surface area contributed by atoms with Gasteiger partial charge in [0.1, 0.15) is 12.4 Å². The predicted octanol–water partition coefficient (Wildman–Crippen LogP) is 3.87. The summed E-state index contributed by atoms with van der Waals surface area (Å²) in [5.74, 6) is 0.268. The molecule has 2 aromatic carbocycles. The molecular formula is C22H20FN3O2. The summed E-state index contributed by atoms with van der Waals surface area (Å²) >= 11 is 0. The highest BCUT2D eigenvalue weighted by atomic mass is 19.1. The molecular weight excluding hydrogens is 357 g/mol. The van der Waals surface area contributed by atoms with Crippen LogP contribution in [0.1, 0.15) is 18.1 Å². The fourth-order valence-corrected chi connectivity index (χ4v) is 3.43. The van der Waals surface area contributed by atoms with E-state index in [9.17, 15) is 4.39 Å². The van der Waals surface area contributed by atoms with E-state index in [1.165, 1.54) is 6.20 Å². The first-order chi connectivity index (χ1) is 13.6. The van der Waals surface area contributed by atoms with E-state index in [-0.39, 0.29) is 12.6 Å². The summed E-state index contributed by atoms with van der Waals surface area (Å²) in [5, 5.41) is 0. The molecule has 0 bridgehead atoms. The summed E-state index contributed by atoms with van der Waals surface area (Å²) in [4.78, 5) is 8.36. The number of aromatic nitrogens is 1. The van der Waals surface area contributed by atoms with E-state index in [0.717, 1.165) is 16.9 Å². The maximum Gasteiger partial charge on any atom is 0.283 e. The van der Waals surface area contributed by atoms with E-state index in [1.54, 1.807) is 12.1 Å². The fourth-order valence-electron chi connectivity index (χ4n) is 3.43. The average molecular weight is 377 g/mol. The largest absolute Gasteiger partial charge is 0.494 e. The molecule has 0 radical (unpaired) electrons. The van der Waals surface area contributed by atoms with Crippen molar-refractivity contribution in [3.05, 3.63) is 83.9 Å². The fraction of sp³-hybridized carbons (Fsp3) is 0.182. The lowest BCUT2D eigenvalue weighted by atomic mass is 9.83. The van der Waals surface area contributed by atoms with Crippen LogP contribution in [0, 0.1) is 5.95 Å². The molecule has 142 valence electrons. The number of amidine groups is 1. The molecule has 0 aliphatic carbocycles. The summed E-state index contributed by atoms with van der Waals surface area (Å²) < 4.78 is 25.3. The average Bonchev–Trinajstić information content (AvgIpc) is 3.12. The summed E-state index contributed by atoms with van der Waals surface area (Å²) in [7, 11) is 0. The van der Waals surface area contributed by atoms with Gasteiger partial charge in [-0.2, -0.15) is 4.39 Å². The van der Waals surface area contributed by atoms with E-state index < -0.39 is 11.5 Å². The van der Waals surface area contributed by atoms with Gasteiger partial charge in [-0.3, -0.25) is 0 Å². The first-order valence-corrected chi connectivity index (χ1v) is 9.05. The zero-order valence-electron chi connectivity index (χ0n) is 15.4. The van der Waals surface area contributed by atoms with Crippen molar-refractivity contribution in [1.29, 1.82) is 0 Å². The van der Waals surface area contributed by atoms with Crippen LogP contribution in [0.3, 0.4) is 0 Å². The molecule has 0 saturated carbocycles. The molecule has 5 nitrogen and oxygen atoms in total. The topological polar surface area (TPSA) is 69.7 Å². The number of hydrogen-bond acceptors (Lipinski definition) is 5. The standard InChI is InChI=1S/C22H20FN3O2/c1-2-27-18-10-8-16(9-11-18)22(14-28-21(24)26-22)17-6-3-5-15(13-17)19-7-4-12-25-20(19)23/h3-13H,2,14H2,1H3,(H2,24,26). The number of pyridine rings is 1. The Morgan fingerprint density at radius 1 is 1.11 bits per heavy atom. The number of ether oxygens (including phenoxy) is 2. The molecule has 28 heavy (non-hydrogen) atoms. The van der Waals surface area contributed by atoms with Crippen molar-refractivity contribution in [3.63, 3.8) is 0 Å². The molecule has 0 spiro atoms. The lowest BCUT2D eigenvalue weighted by molar-refractivity contribution is 0.278. The second-order valence-electron chi connectivity index (χ2n) is 6.48. The molecule has 1 aromatic heterocycles. The molecule has 4 rings (SSSR count). The smallest absolute Gasteiger partial charge is 0.283 e. The molecule has 1 unspecified atom stereocenters. The summed E-state index contributed by atoms with van der Waals surface area (Å²) in [5.41, 5.74) is 7.99.